The van der Waals surface area contributed by atoms with Crippen molar-refractivity contribution < 1.29 is 17.9 Å². The van der Waals surface area contributed by atoms with E-state index >= 15 is 0 Å². The van der Waals surface area contributed by atoms with E-state index in [2.05, 4.69) is 4.98 Å². The van der Waals surface area contributed by atoms with E-state index in [4.69, 9.17) is 4.74 Å². The second kappa shape index (κ2) is 3.15. The fraction of sp³-hybridized carbons (Fsp3) is 0.444. The minimum absolute atomic E-state index is 0.0553. The summed E-state index contributed by atoms with van der Waals surface area (Å²) in [5.74, 6) is -0.164. The molecule has 2 rings (SSSR count). The summed E-state index contributed by atoms with van der Waals surface area (Å²) in [4.78, 5) is 3.61. The molecule has 1 aliphatic rings. The molecule has 1 saturated carbocycles. The highest BCUT2D eigenvalue weighted by atomic mass is 19.4. The highest BCUT2D eigenvalue weighted by Gasteiger charge is 2.36. The number of pyridine rings is 1. The van der Waals surface area contributed by atoms with Crippen molar-refractivity contribution >= 4 is 0 Å². The quantitative estimate of drug-likeness (QED) is 0.737. The largest absolute Gasteiger partial charge is 0.488 e. The van der Waals surface area contributed by atoms with Crippen molar-refractivity contribution in [1.82, 2.24) is 4.98 Å². The fourth-order valence-corrected chi connectivity index (χ4v) is 1.07. The predicted molar refractivity (Wildman–Crippen MR) is 42.9 cm³/mol. The van der Waals surface area contributed by atoms with Crippen LogP contribution in [-0.2, 0) is 6.18 Å². The maximum Gasteiger partial charge on any atom is 0.420 e. The first kappa shape index (κ1) is 9.30. The van der Waals surface area contributed by atoms with Crippen LogP contribution >= 0.6 is 0 Å². The first-order valence-corrected chi connectivity index (χ1v) is 4.25. The van der Waals surface area contributed by atoms with E-state index in [1.807, 2.05) is 0 Å². The summed E-state index contributed by atoms with van der Waals surface area (Å²) in [6.45, 7) is 0. The molecule has 0 aliphatic heterocycles. The van der Waals surface area contributed by atoms with Crippen molar-refractivity contribution in [3.63, 3.8) is 0 Å². The first-order valence-electron chi connectivity index (χ1n) is 4.25. The summed E-state index contributed by atoms with van der Waals surface area (Å²) in [5.41, 5.74) is -0.751. The predicted octanol–water partition coefficient (Wildman–Crippen LogP) is 2.64. The molecule has 0 aromatic carbocycles. The minimum atomic E-state index is -4.37. The van der Waals surface area contributed by atoms with E-state index in [0.717, 1.165) is 31.3 Å². The SMILES string of the molecule is FC(F)(F)c1ccncc1OC1CC1. The van der Waals surface area contributed by atoms with Crippen LogP contribution in [0.15, 0.2) is 18.5 Å². The van der Waals surface area contributed by atoms with Crippen molar-refractivity contribution in [3.05, 3.63) is 24.0 Å². The second-order valence-corrected chi connectivity index (χ2v) is 3.19. The Hall–Kier alpha value is -1.26. The van der Waals surface area contributed by atoms with Gasteiger partial charge >= 0.3 is 6.18 Å². The van der Waals surface area contributed by atoms with E-state index in [1.54, 1.807) is 0 Å². The third-order valence-electron chi connectivity index (χ3n) is 1.91. The third-order valence-corrected chi connectivity index (χ3v) is 1.91. The molecule has 1 aromatic rings. The maximum atomic E-state index is 12.4. The van der Waals surface area contributed by atoms with E-state index in [0.29, 0.717) is 0 Å². The summed E-state index contributed by atoms with van der Waals surface area (Å²) in [6, 6.07) is 0.928. The third kappa shape index (κ3) is 1.97. The Morgan fingerprint density at radius 1 is 1.36 bits per heavy atom. The van der Waals surface area contributed by atoms with Crippen LogP contribution in [0.4, 0.5) is 13.2 Å². The second-order valence-electron chi connectivity index (χ2n) is 3.19. The summed E-state index contributed by atoms with van der Waals surface area (Å²) in [7, 11) is 0. The normalized spacial score (nSPS) is 16.8. The van der Waals surface area contributed by atoms with Crippen LogP contribution in [0, 0.1) is 0 Å². The van der Waals surface area contributed by atoms with Gasteiger partial charge in [-0.2, -0.15) is 13.2 Å². The molecule has 76 valence electrons. The number of rotatable bonds is 2. The lowest BCUT2D eigenvalue weighted by Crippen LogP contribution is -2.09. The summed E-state index contributed by atoms with van der Waals surface area (Å²) >= 11 is 0. The zero-order valence-corrected chi connectivity index (χ0v) is 7.21. The lowest BCUT2D eigenvalue weighted by molar-refractivity contribution is -0.139. The summed E-state index contributed by atoms with van der Waals surface area (Å²) < 4.78 is 42.3. The molecule has 0 atom stereocenters. The van der Waals surface area contributed by atoms with Gasteiger partial charge in [0.1, 0.15) is 11.3 Å². The Morgan fingerprint density at radius 3 is 2.64 bits per heavy atom. The zero-order valence-electron chi connectivity index (χ0n) is 7.21. The Morgan fingerprint density at radius 2 is 2.07 bits per heavy atom. The molecule has 0 amide bonds. The van der Waals surface area contributed by atoms with Gasteiger partial charge in [0.25, 0.3) is 0 Å². The van der Waals surface area contributed by atoms with Crippen LogP contribution in [0.2, 0.25) is 0 Å². The topological polar surface area (TPSA) is 22.1 Å². The van der Waals surface area contributed by atoms with Crippen molar-refractivity contribution in [2.24, 2.45) is 0 Å². The van der Waals surface area contributed by atoms with Crippen LogP contribution < -0.4 is 4.74 Å². The number of nitrogens with zero attached hydrogens (tertiary/aromatic N) is 1. The highest BCUT2D eigenvalue weighted by molar-refractivity contribution is 5.32. The number of hydrogen-bond donors (Lipinski definition) is 0. The Kier molecular flexibility index (Phi) is 2.09. The standard InChI is InChI=1S/C9H8F3NO/c10-9(11,12)7-3-4-13-5-8(7)14-6-1-2-6/h3-6H,1-2H2. The summed E-state index contributed by atoms with van der Waals surface area (Å²) in [6.07, 6.45) is -0.546. The van der Waals surface area contributed by atoms with Gasteiger partial charge in [0, 0.05) is 6.20 Å². The Balaban J connectivity index is 2.27. The molecule has 2 nitrogen and oxygen atoms in total. The lowest BCUT2D eigenvalue weighted by atomic mass is 10.2. The van der Waals surface area contributed by atoms with Gasteiger partial charge in [0.15, 0.2) is 0 Å². The molecule has 0 saturated heterocycles. The highest BCUT2D eigenvalue weighted by Crippen LogP contribution is 2.37. The Bertz CT molecular complexity index is 333. The van der Waals surface area contributed by atoms with Crippen LogP contribution in [0.1, 0.15) is 18.4 Å². The molecular formula is C9H8F3NO. The fourth-order valence-electron chi connectivity index (χ4n) is 1.07. The molecular weight excluding hydrogens is 195 g/mol. The van der Waals surface area contributed by atoms with E-state index in [-0.39, 0.29) is 11.9 Å². The first-order chi connectivity index (χ1) is 6.57. The number of halogens is 3. The molecule has 1 aliphatic carbocycles. The van der Waals surface area contributed by atoms with Crippen LogP contribution in [0.3, 0.4) is 0 Å². The molecule has 0 bridgehead atoms. The van der Waals surface area contributed by atoms with E-state index < -0.39 is 11.7 Å². The molecule has 1 fully saturated rings. The number of aromatic nitrogens is 1. The molecule has 5 heteroatoms. The van der Waals surface area contributed by atoms with Gasteiger partial charge in [-0.25, -0.2) is 0 Å². The van der Waals surface area contributed by atoms with Crippen molar-refractivity contribution in [1.29, 1.82) is 0 Å². The van der Waals surface area contributed by atoms with Crippen LogP contribution in [0.25, 0.3) is 0 Å². The molecule has 0 unspecified atom stereocenters. The molecule has 1 aromatic heterocycles. The molecule has 14 heavy (non-hydrogen) atoms. The van der Waals surface area contributed by atoms with Crippen LogP contribution in [0.5, 0.6) is 5.75 Å². The van der Waals surface area contributed by atoms with Gasteiger partial charge in [-0.05, 0) is 18.9 Å². The number of hydrogen-bond acceptors (Lipinski definition) is 2. The van der Waals surface area contributed by atoms with Crippen molar-refractivity contribution in [2.75, 3.05) is 0 Å². The molecule has 0 radical (unpaired) electrons. The number of alkyl halides is 3. The monoisotopic (exact) mass is 203 g/mol. The van der Waals surface area contributed by atoms with E-state index in [9.17, 15) is 13.2 Å². The zero-order chi connectivity index (χ0) is 10.2. The van der Waals surface area contributed by atoms with Gasteiger partial charge in [0.2, 0.25) is 0 Å². The maximum absolute atomic E-state index is 12.4. The summed E-state index contributed by atoms with van der Waals surface area (Å²) in [5, 5.41) is 0. The molecule has 1 heterocycles. The van der Waals surface area contributed by atoms with Gasteiger partial charge in [-0.1, -0.05) is 0 Å². The molecule has 0 N–H and O–H groups in total. The van der Waals surface area contributed by atoms with Crippen molar-refractivity contribution in [2.45, 2.75) is 25.1 Å². The van der Waals surface area contributed by atoms with Gasteiger partial charge in [-0.3, -0.25) is 4.98 Å². The minimum Gasteiger partial charge on any atom is -0.488 e. The van der Waals surface area contributed by atoms with Crippen molar-refractivity contribution in [3.8, 4) is 5.75 Å². The average Bonchev–Trinajstić information content (AvgIpc) is 2.87. The lowest BCUT2D eigenvalue weighted by Gasteiger charge is -2.12. The van der Waals surface area contributed by atoms with E-state index in [1.165, 1.54) is 0 Å². The smallest absolute Gasteiger partial charge is 0.420 e. The van der Waals surface area contributed by atoms with Gasteiger partial charge in [0.05, 0.1) is 12.3 Å². The molecule has 0 spiro atoms. The van der Waals surface area contributed by atoms with Crippen LogP contribution in [-0.4, -0.2) is 11.1 Å². The Labute approximate surface area is 78.7 Å². The average molecular weight is 203 g/mol. The van der Waals surface area contributed by atoms with Gasteiger partial charge < -0.3 is 4.74 Å². The number of ether oxygens (including phenoxy) is 1. The van der Waals surface area contributed by atoms with Gasteiger partial charge in [-0.15, -0.1) is 0 Å².